The zero-order valence-electron chi connectivity index (χ0n) is 11.0. The third kappa shape index (κ3) is 6.33. The van der Waals surface area contributed by atoms with Crippen LogP contribution in [0.15, 0.2) is 0 Å². The van der Waals surface area contributed by atoms with Crippen LogP contribution in [-0.4, -0.2) is 75.8 Å². The van der Waals surface area contributed by atoms with Gasteiger partial charge in [0.25, 0.3) is 0 Å². The molecule has 1 fully saturated rings. The van der Waals surface area contributed by atoms with E-state index in [0.717, 1.165) is 19.6 Å². The van der Waals surface area contributed by atoms with Gasteiger partial charge in [0.2, 0.25) is 0 Å². The second-order valence-electron chi connectivity index (χ2n) is 4.65. The molecule has 5 heteroatoms. The van der Waals surface area contributed by atoms with Crippen LogP contribution < -0.4 is 5.32 Å². The Balaban J connectivity index is 2.30. The quantitative estimate of drug-likeness (QED) is 0.585. The van der Waals surface area contributed by atoms with Gasteiger partial charge in [-0.2, -0.15) is 0 Å². The molecule has 0 aromatic carbocycles. The van der Waals surface area contributed by atoms with Crippen molar-refractivity contribution in [3.05, 3.63) is 0 Å². The first-order valence-electron chi connectivity index (χ1n) is 6.38. The predicted molar refractivity (Wildman–Crippen MR) is 67.2 cm³/mol. The van der Waals surface area contributed by atoms with Gasteiger partial charge in [-0.05, 0) is 19.4 Å². The maximum absolute atomic E-state index is 9.76. The van der Waals surface area contributed by atoms with Gasteiger partial charge < -0.3 is 19.9 Å². The summed E-state index contributed by atoms with van der Waals surface area (Å²) < 4.78 is 10.1. The van der Waals surface area contributed by atoms with E-state index in [1.165, 1.54) is 12.8 Å². The molecule has 102 valence electrons. The second kappa shape index (κ2) is 8.83. The molecular weight excluding hydrogens is 220 g/mol. The molecule has 1 rings (SSSR count). The van der Waals surface area contributed by atoms with Gasteiger partial charge in [-0.3, -0.25) is 4.90 Å². The summed E-state index contributed by atoms with van der Waals surface area (Å²) in [6.07, 6.45) is 2.06. The van der Waals surface area contributed by atoms with E-state index < -0.39 is 6.10 Å². The Labute approximate surface area is 104 Å². The number of nitrogens with one attached hydrogen (secondary N) is 1. The molecule has 0 saturated carbocycles. The number of ether oxygens (including phenoxy) is 2. The van der Waals surface area contributed by atoms with Crippen molar-refractivity contribution in [3.8, 4) is 0 Å². The van der Waals surface area contributed by atoms with Crippen LogP contribution in [0.25, 0.3) is 0 Å². The summed E-state index contributed by atoms with van der Waals surface area (Å²) in [5.74, 6) is 0. The molecule has 0 spiro atoms. The number of hydrogen-bond acceptors (Lipinski definition) is 5. The number of aliphatic hydroxyl groups excluding tert-OH is 1. The molecule has 0 aromatic heterocycles. The minimum absolute atomic E-state index is 0.390. The molecule has 1 aliphatic rings. The van der Waals surface area contributed by atoms with E-state index in [1.54, 1.807) is 14.2 Å². The molecule has 2 atom stereocenters. The van der Waals surface area contributed by atoms with Crippen molar-refractivity contribution in [1.82, 2.24) is 10.2 Å². The van der Waals surface area contributed by atoms with Crippen molar-refractivity contribution < 1.29 is 14.6 Å². The largest absolute Gasteiger partial charge is 0.389 e. The Hall–Kier alpha value is -0.200. The molecule has 2 N–H and O–H groups in total. The van der Waals surface area contributed by atoms with Crippen molar-refractivity contribution in [2.45, 2.75) is 25.0 Å². The lowest BCUT2D eigenvalue weighted by Crippen LogP contribution is -2.43. The molecule has 2 unspecified atom stereocenters. The molecule has 0 bridgehead atoms. The van der Waals surface area contributed by atoms with Crippen LogP contribution in [0, 0.1) is 0 Å². The van der Waals surface area contributed by atoms with Gasteiger partial charge in [-0.25, -0.2) is 0 Å². The van der Waals surface area contributed by atoms with Crippen molar-refractivity contribution in [2.24, 2.45) is 0 Å². The number of aliphatic hydroxyl groups is 1. The van der Waals surface area contributed by atoms with Gasteiger partial charge in [0, 0.05) is 39.9 Å². The van der Waals surface area contributed by atoms with Crippen LogP contribution in [-0.2, 0) is 9.47 Å². The van der Waals surface area contributed by atoms with Crippen molar-refractivity contribution in [3.63, 3.8) is 0 Å². The highest BCUT2D eigenvalue weighted by Crippen LogP contribution is 2.07. The van der Waals surface area contributed by atoms with E-state index in [4.69, 9.17) is 9.47 Å². The van der Waals surface area contributed by atoms with Gasteiger partial charge in [0.15, 0.2) is 0 Å². The Kier molecular flexibility index (Phi) is 7.72. The van der Waals surface area contributed by atoms with Crippen LogP contribution in [0.5, 0.6) is 0 Å². The molecule has 0 radical (unpaired) electrons. The lowest BCUT2D eigenvalue weighted by molar-refractivity contribution is 0.0295. The first-order valence-corrected chi connectivity index (χ1v) is 6.38. The van der Waals surface area contributed by atoms with Gasteiger partial charge >= 0.3 is 0 Å². The fraction of sp³-hybridized carbons (Fsp3) is 1.00. The average Bonchev–Trinajstić information content (AvgIpc) is 2.79. The zero-order valence-corrected chi connectivity index (χ0v) is 11.0. The third-order valence-corrected chi connectivity index (χ3v) is 3.08. The highest BCUT2D eigenvalue weighted by Gasteiger charge is 2.19. The molecule has 17 heavy (non-hydrogen) atoms. The number of nitrogens with zero attached hydrogens (tertiary/aromatic N) is 1. The molecule has 0 aromatic rings. The fourth-order valence-corrected chi connectivity index (χ4v) is 2.24. The third-order valence-electron chi connectivity index (χ3n) is 3.08. The normalized spacial score (nSPS) is 22.2. The molecule has 1 aliphatic heterocycles. The second-order valence-corrected chi connectivity index (χ2v) is 4.65. The van der Waals surface area contributed by atoms with Crippen molar-refractivity contribution >= 4 is 0 Å². The maximum Gasteiger partial charge on any atom is 0.0900 e. The van der Waals surface area contributed by atoms with Gasteiger partial charge in [0.1, 0.15) is 0 Å². The van der Waals surface area contributed by atoms with E-state index in [9.17, 15) is 5.11 Å². The van der Waals surface area contributed by atoms with Gasteiger partial charge in [-0.15, -0.1) is 0 Å². The average molecular weight is 246 g/mol. The van der Waals surface area contributed by atoms with Crippen LogP contribution in [0.2, 0.25) is 0 Å². The summed E-state index contributed by atoms with van der Waals surface area (Å²) in [4.78, 5) is 2.25. The Morgan fingerprint density at radius 2 is 2.24 bits per heavy atom. The number of rotatable bonds is 9. The van der Waals surface area contributed by atoms with E-state index in [1.807, 2.05) is 0 Å². The summed E-state index contributed by atoms with van der Waals surface area (Å²) in [5, 5.41) is 13.2. The zero-order chi connectivity index (χ0) is 12.5. The van der Waals surface area contributed by atoms with Crippen LogP contribution >= 0.6 is 0 Å². The van der Waals surface area contributed by atoms with Crippen LogP contribution in [0.3, 0.4) is 0 Å². The molecule has 1 saturated heterocycles. The summed E-state index contributed by atoms with van der Waals surface area (Å²) in [7, 11) is 3.32. The first-order chi connectivity index (χ1) is 8.26. The SMILES string of the molecule is COCCN(CC(O)COC)CC1CCCN1. The monoisotopic (exact) mass is 246 g/mol. The Morgan fingerprint density at radius 1 is 1.41 bits per heavy atom. The number of hydrogen-bond donors (Lipinski definition) is 2. The molecule has 1 heterocycles. The fourth-order valence-electron chi connectivity index (χ4n) is 2.24. The number of methoxy groups -OCH3 is 2. The summed E-state index contributed by atoms with van der Waals surface area (Å²) in [5.41, 5.74) is 0. The molecule has 5 nitrogen and oxygen atoms in total. The minimum Gasteiger partial charge on any atom is -0.389 e. The minimum atomic E-state index is -0.418. The topological polar surface area (TPSA) is 54.0 Å². The van der Waals surface area contributed by atoms with Crippen molar-refractivity contribution in [2.75, 3.05) is 53.6 Å². The summed E-state index contributed by atoms with van der Waals surface area (Å²) in [6.45, 7) is 4.69. The highest BCUT2D eigenvalue weighted by molar-refractivity contribution is 4.79. The Bertz CT molecular complexity index is 187. The van der Waals surface area contributed by atoms with Gasteiger partial charge in [-0.1, -0.05) is 0 Å². The van der Waals surface area contributed by atoms with E-state index in [-0.39, 0.29) is 0 Å². The standard InChI is InChI=1S/C12H26N2O3/c1-16-7-6-14(9-12(15)10-17-2)8-11-4-3-5-13-11/h11-13,15H,3-10H2,1-2H3. The highest BCUT2D eigenvalue weighted by atomic mass is 16.5. The predicted octanol–water partition coefficient (Wildman–Crippen LogP) is -0.306. The van der Waals surface area contributed by atoms with Crippen LogP contribution in [0.4, 0.5) is 0 Å². The maximum atomic E-state index is 9.76. The Morgan fingerprint density at radius 3 is 2.82 bits per heavy atom. The lowest BCUT2D eigenvalue weighted by atomic mass is 10.2. The smallest absolute Gasteiger partial charge is 0.0900 e. The van der Waals surface area contributed by atoms with Crippen LogP contribution in [0.1, 0.15) is 12.8 Å². The molecule has 0 aliphatic carbocycles. The summed E-state index contributed by atoms with van der Waals surface area (Å²) >= 11 is 0. The first kappa shape index (κ1) is 14.9. The molecule has 0 amide bonds. The molecular formula is C12H26N2O3. The van der Waals surface area contributed by atoms with E-state index >= 15 is 0 Å². The van der Waals surface area contributed by atoms with Gasteiger partial charge in [0.05, 0.1) is 19.3 Å². The van der Waals surface area contributed by atoms with E-state index in [2.05, 4.69) is 10.2 Å². The van der Waals surface area contributed by atoms with E-state index in [0.29, 0.717) is 25.8 Å². The van der Waals surface area contributed by atoms with Crippen molar-refractivity contribution in [1.29, 1.82) is 0 Å². The summed E-state index contributed by atoms with van der Waals surface area (Å²) in [6, 6.07) is 0.557. The lowest BCUT2D eigenvalue weighted by Gasteiger charge is -2.27.